The van der Waals surface area contributed by atoms with Crippen LogP contribution in [0, 0.1) is 0 Å². The highest BCUT2D eigenvalue weighted by Gasteiger charge is 2.24. The number of aliphatic hydroxyl groups is 2. The monoisotopic (exact) mass is 876 g/mol. The molecule has 0 fully saturated rings. The summed E-state index contributed by atoms with van der Waals surface area (Å²) < 4.78 is 5.95. The minimum Gasteiger partial charge on any atom is -0.462 e. The van der Waals surface area contributed by atoms with E-state index in [1.807, 2.05) is 0 Å². The van der Waals surface area contributed by atoms with Gasteiger partial charge in [0.15, 0.2) is 0 Å². The largest absolute Gasteiger partial charge is 0.462 e. The molecular weight excluding hydrogens is 767 g/mol. The predicted octanol–water partition coefficient (Wildman–Crippen LogP) is 16.9. The molecule has 0 aromatic carbocycles. The number of hydrogen-bond acceptors (Lipinski definition) is 5. The Morgan fingerprint density at radius 2 is 0.774 bits per heavy atom. The van der Waals surface area contributed by atoms with Gasteiger partial charge in [-0.05, 0) is 51.4 Å². The van der Waals surface area contributed by atoms with Gasteiger partial charge in [0.2, 0.25) is 5.91 Å². The number of ether oxygens (including phenoxy) is 1. The summed E-state index contributed by atoms with van der Waals surface area (Å²) in [6, 6.07) is -0.695. The SMILES string of the molecule is CCCCCCCC/C=C/CCCCCCCCCCCC(=O)OC(CCCCCCCCCCCCC)CC(=O)NC(CO)C(O)CCCCCCCCCCCCCCC. The Labute approximate surface area is 387 Å². The second kappa shape index (κ2) is 50.6. The van der Waals surface area contributed by atoms with E-state index in [1.54, 1.807) is 0 Å². The van der Waals surface area contributed by atoms with Gasteiger partial charge in [-0.2, -0.15) is 0 Å². The van der Waals surface area contributed by atoms with E-state index in [4.69, 9.17) is 4.74 Å². The summed E-state index contributed by atoms with van der Waals surface area (Å²) in [5, 5.41) is 23.8. The average Bonchev–Trinajstić information content (AvgIpc) is 3.26. The summed E-state index contributed by atoms with van der Waals surface area (Å²) in [7, 11) is 0. The summed E-state index contributed by atoms with van der Waals surface area (Å²) in [5.74, 6) is -0.456. The van der Waals surface area contributed by atoms with Gasteiger partial charge in [0, 0.05) is 6.42 Å². The molecular formula is C56H109NO5. The van der Waals surface area contributed by atoms with Crippen molar-refractivity contribution in [3.63, 3.8) is 0 Å². The number of carbonyl (C=O) groups is 2. The molecule has 0 radical (unpaired) electrons. The van der Waals surface area contributed by atoms with Crippen LogP contribution < -0.4 is 5.32 Å². The minimum atomic E-state index is -0.781. The molecule has 0 aliphatic heterocycles. The number of allylic oxidation sites excluding steroid dienone is 2. The van der Waals surface area contributed by atoms with Crippen molar-refractivity contribution in [1.82, 2.24) is 5.32 Å². The van der Waals surface area contributed by atoms with Gasteiger partial charge in [0.1, 0.15) is 6.10 Å². The second-order valence-corrected chi connectivity index (χ2v) is 19.3. The standard InChI is InChI=1S/C56H109NO5/c1-4-7-10-13-16-19-22-24-25-26-27-28-29-31-34-37-40-43-46-49-56(61)62-52(47-44-41-38-35-32-21-18-15-12-9-6-3)50-55(60)57-53(51-58)54(59)48-45-42-39-36-33-30-23-20-17-14-11-8-5-2/h24-25,52-54,58-59H,4-23,26-51H2,1-3H3,(H,57,60)/b25-24+. The molecule has 0 aromatic heterocycles. The van der Waals surface area contributed by atoms with Crippen LogP contribution in [0.1, 0.15) is 310 Å². The van der Waals surface area contributed by atoms with Crippen LogP contribution in [0.15, 0.2) is 12.2 Å². The van der Waals surface area contributed by atoms with E-state index >= 15 is 0 Å². The Balaban J connectivity index is 4.43. The maximum atomic E-state index is 13.2. The van der Waals surface area contributed by atoms with Crippen LogP contribution >= 0.6 is 0 Å². The third-order valence-electron chi connectivity index (χ3n) is 13.1. The van der Waals surface area contributed by atoms with Crippen LogP contribution in [0.2, 0.25) is 0 Å². The van der Waals surface area contributed by atoms with Crippen LogP contribution in [0.4, 0.5) is 0 Å². The Morgan fingerprint density at radius 1 is 0.452 bits per heavy atom. The summed E-state index contributed by atoms with van der Waals surface area (Å²) in [6.45, 7) is 6.51. The average molecular weight is 876 g/mol. The number of aliphatic hydroxyl groups excluding tert-OH is 2. The third kappa shape index (κ3) is 45.2. The van der Waals surface area contributed by atoms with Crippen LogP contribution in [-0.2, 0) is 14.3 Å². The van der Waals surface area contributed by atoms with Gasteiger partial charge < -0.3 is 20.3 Å². The maximum absolute atomic E-state index is 13.2. The Bertz CT molecular complexity index is 939. The predicted molar refractivity (Wildman–Crippen MR) is 269 cm³/mol. The van der Waals surface area contributed by atoms with Crippen LogP contribution in [0.3, 0.4) is 0 Å². The summed E-state index contributed by atoms with van der Waals surface area (Å²) >= 11 is 0. The van der Waals surface area contributed by atoms with Crippen molar-refractivity contribution in [2.24, 2.45) is 0 Å². The topological polar surface area (TPSA) is 95.9 Å². The van der Waals surface area contributed by atoms with Gasteiger partial charge in [-0.25, -0.2) is 0 Å². The molecule has 6 heteroatoms. The van der Waals surface area contributed by atoms with E-state index in [0.29, 0.717) is 19.3 Å². The molecule has 3 N–H and O–H groups in total. The number of unbranched alkanes of at least 4 members (excludes halogenated alkanes) is 37. The lowest BCUT2D eigenvalue weighted by Crippen LogP contribution is -2.46. The molecule has 0 rings (SSSR count). The fourth-order valence-corrected chi connectivity index (χ4v) is 8.84. The number of rotatable bonds is 51. The first-order valence-corrected chi connectivity index (χ1v) is 27.9. The van der Waals surface area contributed by atoms with Gasteiger partial charge in [-0.1, -0.05) is 258 Å². The van der Waals surface area contributed by atoms with Crippen molar-refractivity contribution >= 4 is 11.9 Å². The Kier molecular flexibility index (Phi) is 49.5. The number of amides is 1. The van der Waals surface area contributed by atoms with Crippen LogP contribution in [0.5, 0.6) is 0 Å². The van der Waals surface area contributed by atoms with E-state index < -0.39 is 18.2 Å². The first-order valence-electron chi connectivity index (χ1n) is 27.9. The van der Waals surface area contributed by atoms with Gasteiger partial charge in [0.05, 0.1) is 25.2 Å². The zero-order valence-corrected chi connectivity index (χ0v) is 42.0. The van der Waals surface area contributed by atoms with Gasteiger partial charge in [0.25, 0.3) is 0 Å². The lowest BCUT2D eigenvalue weighted by molar-refractivity contribution is -0.151. The molecule has 3 unspecified atom stereocenters. The van der Waals surface area contributed by atoms with Gasteiger partial charge in [-0.15, -0.1) is 0 Å². The first-order chi connectivity index (χ1) is 30.5. The van der Waals surface area contributed by atoms with Crippen molar-refractivity contribution < 1.29 is 24.5 Å². The number of esters is 1. The van der Waals surface area contributed by atoms with Crippen molar-refractivity contribution in [2.75, 3.05) is 6.61 Å². The highest BCUT2D eigenvalue weighted by atomic mass is 16.5. The number of hydrogen-bond donors (Lipinski definition) is 3. The molecule has 0 aromatic rings. The highest BCUT2D eigenvalue weighted by molar-refractivity contribution is 5.77. The Morgan fingerprint density at radius 3 is 1.15 bits per heavy atom. The van der Waals surface area contributed by atoms with Crippen molar-refractivity contribution in [2.45, 2.75) is 328 Å². The number of nitrogens with one attached hydrogen (secondary N) is 1. The molecule has 0 spiro atoms. The molecule has 0 heterocycles. The zero-order valence-electron chi connectivity index (χ0n) is 42.0. The normalized spacial score (nSPS) is 13.2. The van der Waals surface area contributed by atoms with Gasteiger partial charge >= 0.3 is 5.97 Å². The molecule has 368 valence electrons. The van der Waals surface area contributed by atoms with E-state index in [-0.39, 0.29) is 24.9 Å². The van der Waals surface area contributed by atoms with Crippen LogP contribution in [-0.4, -0.2) is 46.9 Å². The van der Waals surface area contributed by atoms with Crippen LogP contribution in [0.25, 0.3) is 0 Å². The smallest absolute Gasteiger partial charge is 0.306 e. The zero-order chi connectivity index (χ0) is 45.2. The molecule has 0 aliphatic rings. The van der Waals surface area contributed by atoms with E-state index in [2.05, 4.69) is 38.2 Å². The molecule has 6 nitrogen and oxygen atoms in total. The quantitative estimate of drug-likeness (QED) is 0.0321. The second-order valence-electron chi connectivity index (χ2n) is 19.3. The lowest BCUT2D eigenvalue weighted by Gasteiger charge is -2.24. The van der Waals surface area contributed by atoms with Crippen molar-refractivity contribution in [3.05, 3.63) is 12.2 Å². The molecule has 62 heavy (non-hydrogen) atoms. The molecule has 0 aliphatic carbocycles. The van der Waals surface area contributed by atoms with Gasteiger partial charge in [-0.3, -0.25) is 9.59 Å². The Hall–Kier alpha value is -1.40. The number of carbonyl (C=O) groups excluding carboxylic acids is 2. The van der Waals surface area contributed by atoms with E-state index in [1.165, 1.54) is 218 Å². The fourth-order valence-electron chi connectivity index (χ4n) is 8.84. The van der Waals surface area contributed by atoms with Crippen molar-refractivity contribution in [1.29, 1.82) is 0 Å². The fraction of sp³-hybridized carbons (Fsp3) is 0.929. The minimum absolute atomic E-state index is 0.0843. The van der Waals surface area contributed by atoms with Crippen molar-refractivity contribution in [3.8, 4) is 0 Å². The molecule has 1 amide bonds. The lowest BCUT2D eigenvalue weighted by atomic mass is 10.0. The molecule has 0 saturated heterocycles. The molecule has 0 saturated carbocycles. The van der Waals surface area contributed by atoms with E-state index in [9.17, 15) is 19.8 Å². The third-order valence-corrected chi connectivity index (χ3v) is 13.1. The van der Waals surface area contributed by atoms with E-state index in [0.717, 1.165) is 44.9 Å². The molecule has 0 bridgehead atoms. The first kappa shape index (κ1) is 60.6. The summed E-state index contributed by atoms with van der Waals surface area (Å²) in [4.78, 5) is 26.2. The summed E-state index contributed by atoms with van der Waals surface area (Å²) in [5.41, 5.74) is 0. The maximum Gasteiger partial charge on any atom is 0.306 e. The highest BCUT2D eigenvalue weighted by Crippen LogP contribution is 2.19. The molecule has 3 atom stereocenters. The summed E-state index contributed by atoms with van der Waals surface area (Å²) in [6.07, 6.45) is 57.0.